The Labute approximate surface area is 172 Å². The Morgan fingerprint density at radius 3 is 2.38 bits per heavy atom. The van der Waals surface area contributed by atoms with Crippen molar-refractivity contribution < 1.29 is 27.8 Å². The number of nitrogens with zero attached hydrogens (tertiary/aromatic N) is 4. The van der Waals surface area contributed by atoms with Crippen LogP contribution in [0.3, 0.4) is 0 Å². The lowest BCUT2D eigenvalue weighted by Gasteiger charge is -2.15. The van der Waals surface area contributed by atoms with Crippen LogP contribution in [-0.4, -0.2) is 19.8 Å². The van der Waals surface area contributed by atoms with E-state index in [9.17, 15) is 33.4 Å². The minimum atomic E-state index is -5.17. The van der Waals surface area contributed by atoms with Crippen LogP contribution < -0.4 is 10.1 Å². The number of allylic oxidation sites excluding steroid dienone is 1. The molecule has 0 fully saturated rings. The number of nitro benzene ring substituents is 2. The summed E-state index contributed by atoms with van der Waals surface area (Å²) in [5, 5.41) is 23.9. The number of alkyl halides is 3. The van der Waals surface area contributed by atoms with Crippen LogP contribution in [-0.2, 0) is 6.18 Å². The van der Waals surface area contributed by atoms with Crippen molar-refractivity contribution in [3.8, 4) is 5.88 Å². The number of non-ortho nitro benzene ring substituents is 1. The summed E-state index contributed by atoms with van der Waals surface area (Å²) in [6.07, 6.45) is -5.17. The van der Waals surface area contributed by atoms with Crippen molar-refractivity contribution in [2.75, 3.05) is 5.32 Å². The van der Waals surface area contributed by atoms with Crippen LogP contribution >= 0.6 is 27.5 Å². The van der Waals surface area contributed by atoms with Crippen molar-refractivity contribution in [2.45, 2.75) is 13.1 Å². The summed E-state index contributed by atoms with van der Waals surface area (Å²) in [5.74, 6) is -0.654. The molecule has 0 bridgehead atoms. The SMILES string of the molecule is C=C(C)Oc1nc(Nc2c([N+](=O)[O-])cc([N+](=O)[O-])cc2C(F)(F)F)nc(Cl)c1Br. The fourth-order valence-corrected chi connectivity index (χ4v) is 2.44. The molecular weight excluding hydrogens is 491 g/mol. The minimum absolute atomic E-state index is 0.0574. The maximum atomic E-state index is 13.4. The topological polar surface area (TPSA) is 133 Å². The van der Waals surface area contributed by atoms with E-state index >= 15 is 0 Å². The van der Waals surface area contributed by atoms with Gasteiger partial charge in [0.1, 0.15) is 10.2 Å². The first-order valence-corrected chi connectivity index (χ1v) is 8.35. The number of anilines is 2. The number of ether oxygens (including phenoxy) is 1. The van der Waals surface area contributed by atoms with E-state index in [-0.39, 0.29) is 27.3 Å². The summed E-state index contributed by atoms with van der Waals surface area (Å²) in [6, 6.07) is 0.532. The van der Waals surface area contributed by atoms with Gasteiger partial charge in [0, 0.05) is 6.07 Å². The number of halogens is 5. The van der Waals surface area contributed by atoms with Gasteiger partial charge in [0.2, 0.25) is 11.8 Å². The second-order valence-electron chi connectivity index (χ2n) is 5.29. The van der Waals surface area contributed by atoms with Gasteiger partial charge in [0.25, 0.3) is 11.4 Å². The highest BCUT2D eigenvalue weighted by Gasteiger charge is 2.40. The summed E-state index contributed by atoms with van der Waals surface area (Å²) >= 11 is 8.90. The van der Waals surface area contributed by atoms with E-state index in [1.807, 2.05) is 0 Å². The van der Waals surface area contributed by atoms with Crippen molar-refractivity contribution >= 4 is 50.5 Å². The smallest absolute Gasteiger partial charge is 0.418 e. The Hall–Kier alpha value is -3.00. The van der Waals surface area contributed by atoms with Gasteiger partial charge in [-0.3, -0.25) is 20.2 Å². The van der Waals surface area contributed by atoms with Crippen LogP contribution in [0, 0.1) is 20.2 Å². The predicted octanol–water partition coefficient (Wildman–Crippen LogP) is 5.38. The van der Waals surface area contributed by atoms with Crippen LogP contribution in [0.25, 0.3) is 0 Å². The van der Waals surface area contributed by atoms with Crippen LogP contribution in [0.15, 0.2) is 28.9 Å². The molecule has 10 nitrogen and oxygen atoms in total. The zero-order chi connectivity index (χ0) is 22.1. The lowest BCUT2D eigenvalue weighted by Crippen LogP contribution is -2.13. The van der Waals surface area contributed by atoms with Gasteiger partial charge in [-0.25, -0.2) is 0 Å². The molecule has 0 aliphatic carbocycles. The number of nitro groups is 2. The van der Waals surface area contributed by atoms with Crippen LogP contribution in [0.1, 0.15) is 12.5 Å². The molecule has 0 saturated heterocycles. The highest BCUT2D eigenvalue weighted by atomic mass is 79.9. The molecule has 2 rings (SSSR count). The number of hydrogen-bond donors (Lipinski definition) is 1. The van der Waals surface area contributed by atoms with Gasteiger partial charge in [-0.1, -0.05) is 18.2 Å². The van der Waals surface area contributed by atoms with Gasteiger partial charge in [-0.05, 0) is 22.9 Å². The lowest BCUT2D eigenvalue weighted by molar-refractivity contribution is -0.394. The standard InChI is InChI=1S/C14H8BrClF3N5O5/c1-5(2)29-12-9(15)11(16)21-13(22-12)20-10-7(14(17,18)19)3-6(23(25)26)4-8(10)24(27)28/h3-4H,1H2,2H3,(H,20,21,22). The van der Waals surface area contributed by atoms with E-state index in [0.717, 1.165) is 0 Å². The molecule has 0 atom stereocenters. The molecule has 1 N–H and O–H groups in total. The third-order valence-electron chi connectivity index (χ3n) is 3.10. The summed E-state index contributed by atoms with van der Waals surface area (Å²) < 4.78 is 45.5. The third-order valence-corrected chi connectivity index (χ3v) is 4.32. The maximum absolute atomic E-state index is 13.4. The number of hydrogen-bond acceptors (Lipinski definition) is 8. The molecule has 0 saturated carbocycles. The number of benzene rings is 1. The van der Waals surface area contributed by atoms with Gasteiger partial charge in [-0.15, -0.1) is 0 Å². The van der Waals surface area contributed by atoms with E-state index in [1.54, 1.807) is 0 Å². The molecular formula is C14H8BrClF3N5O5. The summed E-state index contributed by atoms with van der Waals surface area (Å²) in [6.45, 7) is 4.93. The van der Waals surface area contributed by atoms with Crippen molar-refractivity contribution in [3.05, 3.63) is 59.9 Å². The molecule has 29 heavy (non-hydrogen) atoms. The Morgan fingerprint density at radius 1 is 1.28 bits per heavy atom. The van der Waals surface area contributed by atoms with Crippen molar-refractivity contribution in [1.82, 2.24) is 9.97 Å². The van der Waals surface area contributed by atoms with Crippen molar-refractivity contribution in [3.63, 3.8) is 0 Å². The Bertz CT molecular complexity index is 1030. The highest BCUT2D eigenvalue weighted by Crippen LogP contribution is 2.44. The first-order chi connectivity index (χ1) is 13.3. The van der Waals surface area contributed by atoms with Crippen molar-refractivity contribution in [1.29, 1.82) is 0 Å². The zero-order valence-electron chi connectivity index (χ0n) is 14.1. The molecule has 0 aliphatic rings. The zero-order valence-corrected chi connectivity index (χ0v) is 16.4. The van der Waals surface area contributed by atoms with Crippen LogP contribution in [0.5, 0.6) is 5.88 Å². The highest BCUT2D eigenvalue weighted by molar-refractivity contribution is 9.10. The first-order valence-electron chi connectivity index (χ1n) is 7.18. The van der Waals surface area contributed by atoms with Crippen LogP contribution in [0.4, 0.5) is 36.2 Å². The van der Waals surface area contributed by atoms with E-state index in [2.05, 4.69) is 37.8 Å². The second kappa shape index (κ2) is 8.16. The van der Waals surface area contributed by atoms with Gasteiger partial charge >= 0.3 is 6.18 Å². The second-order valence-corrected chi connectivity index (χ2v) is 6.44. The molecule has 0 radical (unpaired) electrons. The monoisotopic (exact) mass is 497 g/mol. The van der Waals surface area contributed by atoms with Gasteiger partial charge in [-0.2, -0.15) is 23.1 Å². The molecule has 2 aromatic rings. The quantitative estimate of drug-likeness (QED) is 0.243. The average molecular weight is 499 g/mol. The number of nitrogens with one attached hydrogen (secondary N) is 1. The molecule has 1 aromatic heterocycles. The molecule has 0 aliphatic heterocycles. The van der Waals surface area contributed by atoms with E-state index in [4.69, 9.17) is 16.3 Å². The Kier molecular flexibility index (Phi) is 6.27. The first kappa shape index (κ1) is 22.3. The Morgan fingerprint density at radius 2 is 1.90 bits per heavy atom. The third kappa shape index (κ3) is 5.08. The van der Waals surface area contributed by atoms with Gasteiger partial charge < -0.3 is 10.1 Å². The van der Waals surface area contributed by atoms with Crippen LogP contribution in [0.2, 0.25) is 5.15 Å². The molecule has 1 heterocycles. The average Bonchev–Trinajstić information content (AvgIpc) is 2.57. The number of aromatic nitrogens is 2. The molecule has 154 valence electrons. The molecule has 0 spiro atoms. The summed E-state index contributed by atoms with van der Waals surface area (Å²) in [4.78, 5) is 27.2. The molecule has 0 amide bonds. The van der Waals surface area contributed by atoms with Gasteiger partial charge in [0.05, 0.1) is 27.2 Å². The van der Waals surface area contributed by atoms with E-state index < -0.39 is 44.6 Å². The predicted molar refractivity (Wildman–Crippen MR) is 98.2 cm³/mol. The Balaban J connectivity index is 2.71. The molecule has 1 aromatic carbocycles. The fraction of sp³-hybridized carbons (Fsp3) is 0.143. The van der Waals surface area contributed by atoms with Crippen molar-refractivity contribution in [2.24, 2.45) is 0 Å². The lowest BCUT2D eigenvalue weighted by atomic mass is 10.1. The van der Waals surface area contributed by atoms with E-state index in [1.165, 1.54) is 6.92 Å². The summed E-state index contributed by atoms with van der Waals surface area (Å²) in [5.41, 5.74) is -5.09. The summed E-state index contributed by atoms with van der Waals surface area (Å²) in [7, 11) is 0. The van der Waals surface area contributed by atoms with E-state index in [0.29, 0.717) is 6.07 Å². The number of rotatable bonds is 6. The fourth-order valence-electron chi connectivity index (χ4n) is 2.02. The minimum Gasteiger partial charge on any atom is -0.443 e. The largest absolute Gasteiger partial charge is 0.443 e. The molecule has 0 unspecified atom stereocenters. The maximum Gasteiger partial charge on any atom is 0.418 e. The molecule has 15 heteroatoms. The normalized spacial score (nSPS) is 11.1. The van der Waals surface area contributed by atoms with Gasteiger partial charge in [0.15, 0.2) is 5.15 Å².